The van der Waals surface area contributed by atoms with E-state index in [1.54, 1.807) is 19.1 Å². The molecule has 1 aromatic heterocycles. The van der Waals surface area contributed by atoms with Crippen LogP contribution in [0.3, 0.4) is 0 Å². The third-order valence-corrected chi connectivity index (χ3v) is 4.45. The van der Waals surface area contributed by atoms with Crippen LogP contribution in [0.2, 0.25) is 0 Å². The van der Waals surface area contributed by atoms with Gasteiger partial charge in [-0.25, -0.2) is 9.78 Å². The topological polar surface area (TPSA) is 99.5 Å². The molecule has 0 bridgehead atoms. The molecule has 0 spiro atoms. The lowest BCUT2D eigenvalue weighted by molar-refractivity contribution is 0.0701. The fourth-order valence-corrected chi connectivity index (χ4v) is 3.00. The predicted molar refractivity (Wildman–Crippen MR) is 85.8 cm³/mol. The maximum absolute atomic E-state index is 12.0. The maximum Gasteiger partial charge on any atom is 0.347 e. The molecule has 0 radical (unpaired) electrons. The third-order valence-electron chi connectivity index (χ3n) is 2.64. The van der Waals surface area contributed by atoms with E-state index in [0.717, 1.165) is 14.9 Å². The van der Waals surface area contributed by atoms with Crippen molar-refractivity contribution in [3.63, 3.8) is 0 Å². The summed E-state index contributed by atoms with van der Waals surface area (Å²) in [5, 5.41) is 21.7. The van der Waals surface area contributed by atoms with E-state index in [-0.39, 0.29) is 22.7 Å². The molecule has 1 aromatic carbocycles. The first-order chi connectivity index (χ1) is 9.88. The van der Waals surface area contributed by atoms with Crippen molar-refractivity contribution in [3.8, 4) is 5.75 Å². The Morgan fingerprint density at radius 2 is 2.14 bits per heavy atom. The molecule has 0 fully saturated rings. The molecule has 0 aliphatic heterocycles. The zero-order chi connectivity index (χ0) is 15.6. The summed E-state index contributed by atoms with van der Waals surface area (Å²) < 4.78 is 0.828. The first-order valence-corrected chi connectivity index (χ1v) is 7.74. The SMILES string of the molecule is Cc1nc(CNC(=O)c2cc(I)ccc2O)sc1C(=O)O. The number of carbonyl (C=O) groups is 2. The largest absolute Gasteiger partial charge is 0.507 e. The molecule has 2 aromatic rings. The van der Waals surface area contributed by atoms with Gasteiger partial charge in [0.25, 0.3) is 5.91 Å². The number of rotatable bonds is 4. The van der Waals surface area contributed by atoms with Gasteiger partial charge in [-0.2, -0.15) is 0 Å². The number of phenolic OH excluding ortho intramolecular Hbond substituents is 1. The molecule has 0 saturated carbocycles. The Kier molecular flexibility index (Phi) is 4.78. The number of carboxylic acid groups (broad SMARTS) is 1. The maximum atomic E-state index is 12.0. The lowest BCUT2D eigenvalue weighted by Crippen LogP contribution is -2.22. The van der Waals surface area contributed by atoms with Gasteiger partial charge >= 0.3 is 5.97 Å². The van der Waals surface area contributed by atoms with E-state index in [2.05, 4.69) is 10.3 Å². The van der Waals surface area contributed by atoms with Crippen molar-refractivity contribution < 1.29 is 19.8 Å². The van der Waals surface area contributed by atoms with Gasteiger partial charge < -0.3 is 15.5 Å². The van der Waals surface area contributed by atoms with Crippen molar-refractivity contribution in [1.29, 1.82) is 0 Å². The molecular formula is C13H11IN2O4S. The summed E-state index contributed by atoms with van der Waals surface area (Å²) in [5.41, 5.74) is 0.600. The highest BCUT2D eigenvalue weighted by Crippen LogP contribution is 2.21. The summed E-state index contributed by atoms with van der Waals surface area (Å²) in [6.45, 7) is 1.72. The number of benzene rings is 1. The highest BCUT2D eigenvalue weighted by molar-refractivity contribution is 14.1. The van der Waals surface area contributed by atoms with Crippen molar-refractivity contribution in [2.75, 3.05) is 0 Å². The zero-order valence-electron chi connectivity index (χ0n) is 10.9. The summed E-state index contributed by atoms with van der Waals surface area (Å²) in [5.74, 6) is -1.57. The Morgan fingerprint density at radius 1 is 1.43 bits per heavy atom. The molecule has 21 heavy (non-hydrogen) atoms. The molecule has 0 atom stereocenters. The standard InChI is InChI=1S/C13H11IN2O4S/c1-6-11(13(19)20)21-10(16-6)5-15-12(18)8-4-7(14)2-3-9(8)17/h2-4,17H,5H2,1H3,(H,15,18)(H,19,20). The second-order valence-electron chi connectivity index (χ2n) is 4.17. The molecule has 1 amide bonds. The van der Waals surface area contributed by atoms with Crippen LogP contribution in [0, 0.1) is 10.5 Å². The fraction of sp³-hybridized carbons (Fsp3) is 0.154. The number of hydrogen-bond acceptors (Lipinski definition) is 5. The van der Waals surface area contributed by atoms with Gasteiger partial charge in [0.2, 0.25) is 0 Å². The van der Waals surface area contributed by atoms with E-state index in [1.165, 1.54) is 6.07 Å². The van der Waals surface area contributed by atoms with Crippen LogP contribution in [0.1, 0.15) is 30.7 Å². The molecular weight excluding hydrogens is 407 g/mol. The van der Waals surface area contributed by atoms with Crippen LogP contribution in [-0.2, 0) is 6.54 Å². The van der Waals surface area contributed by atoms with Gasteiger partial charge in [-0.3, -0.25) is 4.79 Å². The second kappa shape index (κ2) is 6.39. The number of thiazole rings is 1. The number of aromatic carboxylic acids is 1. The van der Waals surface area contributed by atoms with Gasteiger partial charge in [0.05, 0.1) is 17.8 Å². The Labute approximate surface area is 138 Å². The first kappa shape index (κ1) is 15.7. The van der Waals surface area contributed by atoms with E-state index >= 15 is 0 Å². The van der Waals surface area contributed by atoms with E-state index in [9.17, 15) is 14.7 Å². The molecule has 6 nitrogen and oxygen atoms in total. The molecule has 0 unspecified atom stereocenters. The van der Waals surface area contributed by atoms with Gasteiger partial charge in [-0.1, -0.05) is 0 Å². The quantitative estimate of drug-likeness (QED) is 0.663. The van der Waals surface area contributed by atoms with Crippen LogP contribution in [0.15, 0.2) is 18.2 Å². The highest BCUT2D eigenvalue weighted by Gasteiger charge is 2.16. The van der Waals surface area contributed by atoms with Crippen LogP contribution in [0.5, 0.6) is 5.75 Å². The van der Waals surface area contributed by atoms with Crippen LogP contribution < -0.4 is 5.32 Å². The molecule has 0 aliphatic carbocycles. The van der Waals surface area contributed by atoms with Crippen molar-refractivity contribution in [3.05, 3.63) is 42.9 Å². The third kappa shape index (κ3) is 3.70. The van der Waals surface area contributed by atoms with E-state index in [0.29, 0.717) is 10.7 Å². The minimum atomic E-state index is -1.03. The number of aryl methyl sites for hydroxylation is 1. The summed E-state index contributed by atoms with van der Waals surface area (Å²) in [7, 11) is 0. The number of carboxylic acids is 1. The van der Waals surface area contributed by atoms with E-state index in [4.69, 9.17) is 5.11 Å². The highest BCUT2D eigenvalue weighted by atomic mass is 127. The van der Waals surface area contributed by atoms with Crippen LogP contribution in [0.25, 0.3) is 0 Å². The van der Waals surface area contributed by atoms with Crippen molar-refractivity contribution in [1.82, 2.24) is 10.3 Å². The van der Waals surface area contributed by atoms with E-state index in [1.807, 2.05) is 22.6 Å². The van der Waals surface area contributed by atoms with Gasteiger partial charge in [0.15, 0.2) is 0 Å². The van der Waals surface area contributed by atoms with Gasteiger partial charge in [-0.15, -0.1) is 11.3 Å². The number of amides is 1. The number of halogens is 1. The van der Waals surface area contributed by atoms with Gasteiger partial charge in [0, 0.05) is 3.57 Å². The predicted octanol–water partition coefficient (Wildman–Crippen LogP) is 2.39. The van der Waals surface area contributed by atoms with Gasteiger partial charge in [0.1, 0.15) is 15.6 Å². The number of nitrogens with one attached hydrogen (secondary N) is 1. The van der Waals surface area contributed by atoms with Crippen LogP contribution in [-0.4, -0.2) is 27.1 Å². The molecule has 8 heteroatoms. The average molecular weight is 418 g/mol. The zero-order valence-corrected chi connectivity index (χ0v) is 13.9. The van der Waals surface area contributed by atoms with Crippen LogP contribution >= 0.6 is 33.9 Å². The fourth-order valence-electron chi connectivity index (χ4n) is 1.67. The molecule has 3 N–H and O–H groups in total. The molecule has 1 heterocycles. The monoisotopic (exact) mass is 418 g/mol. The normalized spacial score (nSPS) is 10.4. The van der Waals surface area contributed by atoms with Gasteiger partial charge in [-0.05, 0) is 47.7 Å². The number of hydrogen-bond donors (Lipinski definition) is 3. The number of carbonyl (C=O) groups excluding carboxylic acids is 1. The van der Waals surface area contributed by atoms with Crippen molar-refractivity contribution in [2.45, 2.75) is 13.5 Å². The number of aromatic nitrogens is 1. The lowest BCUT2D eigenvalue weighted by Gasteiger charge is -2.05. The van der Waals surface area contributed by atoms with Crippen molar-refractivity contribution >= 4 is 45.8 Å². The smallest absolute Gasteiger partial charge is 0.347 e. The first-order valence-electron chi connectivity index (χ1n) is 5.85. The summed E-state index contributed by atoms with van der Waals surface area (Å²) in [6.07, 6.45) is 0. The Morgan fingerprint density at radius 3 is 2.76 bits per heavy atom. The lowest BCUT2D eigenvalue weighted by atomic mass is 10.2. The molecule has 0 aliphatic rings. The number of nitrogens with zero attached hydrogens (tertiary/aromatic N) is 1. The van der Waals surface area contributed by atoms with E-state index < -0.39 is 11.9 Å². The summed E-state index contributed by atoms with van der Waals surface area (Å²) >= 11 is 3.07. The Hall–Kier alpha value is -1.68. The minimum Gasteiger partial charge on any atom is -0.507 e. The Bertz CT molecular complexity index is 714. The number of aromatic hydroxyl groups is 1. The summed E-state index contributed by atoms with van der Waals surface area (Å²) in [6, 6.07) is 4.71. The number of phenols is 1. The molecule has 110 valence electrons. The Balaban J connectivity index is 2.09. The second-order valence-corrected chi connectivity index (χ2v) is 6.50. The average Bonchev–Trinajstić information content (AvgIpc) is 2.80. The van der Waals surface area contributed by atoms with Crippen molar-refractivity contribution in [2.24, 2.45) is 0 Å². The van der Waals surface area contributed by atoms with Crippen LogP contribution in [0.4, 0.5) is 0 Å². The minimum absolute atomic E-state index is 0.102. The summed E-state index contributed by atoms with van der Waals surface area (Å²) in [4.78, 5) is 27.2. The molecule has 2 rings (SSSR count). The molecule has 0 saturated heterocycles.